The average Bonchev–Trinajstić information content (AvgIpc) is 2.44. The van der Waals surface area contributed by atoms with Gasteiger partial charge in [-0.15, -0.1) is 0 Å². The lowest BCUT2D eigenvalue weighted by Gasteiger charge is -2.34. The van der Waals surface area contributed by atoms with Crippen molar-refractivity contribution >= 4 is 25.8 Å². The van der Waals surface area contributed by atoms with Gasteiger partial charge < -0.3 is 0 Å². The van der Waals surface area contributed by atoms with Gasteiger partial charge in [0, 0.05) is 16.8 Å². The minimum atomic E-state index is -2.98. The Bertz CT molecular complexity index is 604. The normalized spacial score (nSPS) is 24.8. The molecule has 1 aliphatic carbocycles. The molecule has 3 atom stereocenters. The highest BCUT2D eigenvalue weighted by Crippen LogP contribution is 2.38. The van der Waals surface area contributed by atoms with Crippen LogP contribution in [0, 0.1) is 12.8 Å². The van der Waals surface area contributed by atoms with E-state index < -0.39 is 9.84 Å². The maximum atomic E-state index is 11.8. The van der Waals surface area contributed by atoms with Gasteiger partial charge in [0.05, 0.1) is 5.25 Å². The van der Waals surface area contributed by atoms with E-state index >= 15 is 0 Å². The minimum Gasteiger partial charge on any atom is -0.271 e. The van der Waals surface area contributed by atoms with E-state index in [4.69, 9.17) is 5.84 Å². The van der Waals surface area contributed by atoms with Crippen molar-refractivity contribution in [2.75, 3.05) is 6.26 Å². The fourth-order valence-corrected chi connectivity index (χ4v) is 4.89. The van der Waals surface area contributed by atoms with E-state index in [0.29, 0.717) is 6.42 Å². The van der Waals surface area contributed by atoms with Crippen molar-refractivity contribution in [1.82, 2.24) is 5.43 Å². The van der Waals surface area contributed by atoms with Crippen LogP contribution in [0.3, 0.4) is 0 Å². The number of rotatable bonds is 4. The second-order valence-corrected chi connectivity index (χ2v) is 9.16. The highest BCUT2D eigenvalue weighted by molar-refractivity contribution is 9.10. The Morgan fingerprint density at radius 1 is 1.38 bits per heavy atom. The maximum Gasteiger partial charge on any atom is 0.150 e. The van der Waals surface area contributed by atoms with Gasteiger partial charge >= 0.3 is 0 Å². The number of hydrogen-bond donors (Lipinski definition) is 2. The van der Waals surface area contributed by atoms with Crippen LogP contribution in [0.5, 0.6) is 0 Å². The fourth-order valence-electron chi connectivity index (χ4n) is 3.31. The lowest BCUT2D eigenvalue weighted by atomic mass is 9.80. The lowest BCUT2D eigenvalue weighted by Crippen LogP contribution is -2.38. The number of hydrogen-bond acceptors (Lipinski definition) is 4. The SMILES string of the molecule is Cc1c(Br)cccc1C(NN)C1CCCC(S(C)(=O)=O)C1. The molecule has 21 heavy (non-hydrogen) atoms. The van der Waals surface area contributed by atoms with Gasteiger partial charge in [-0.2, -0.15) is 0 Å². The van der Waals surface area contributed by atoms with Crippen LogP contribution in [0.2, 0.25) is 0 Å². The zero-order valence-corrected chi connectivity index (χ0v) is 14.9. The molecule has 0 heterocycles. The van der Waals surface area contributed by atoms with E-state index in [1.165, 1.54) is 6.26 Å². The molecule has 1 aliphatic rings. The van der Waals surface area contributed by atoms with Gasteiger partial charge in [-0.1, -0.05) is 34.5 Å². The number of benzene rings is 1. The first-order chi connectivity index (χ1) is 9.84. The van der Waals surface area contributed by atoms with Gasteiger partial charge in [-0.3, -0.25) is 11.3 Å². The summed E-state index contributed by atoms with van der Waals surface area (Å²) in [7, 11) is -2.98. The van der Waals surface area contributed by atoms with E-state index in [1.807, 2.05) is 12.1 Å². The summed E-state index contributed by atoms with van der Waals surface area (Å²) in [5.41, 5.74) is 5.21. The van der Waals surface area contributed by atoms with Gasteiger partial charge in [-0.25, -0.2) is 8.42 Å². The second kappa shape index (κ2) is 6.77. The summed E-state index contributed by atoms with van der Waals surface area (Å²) in [6.07, 6.45) is 4.74. The topological polar surface area (TPSA) is 72.2 Å². The Labute approximate surface area is 135 Å². The van der Waals surface area contributed by atoms with Crippen LogP contribution in [0.4, 0.5) is 0 Å². The molecule has 0 spiro atoms. The van der Waals surface area contributed by atoms with Crippen molar-refractivity contribution in [3.05, 3.63) is 33.8 Å². The molecule has 0 aliphatic heterocycles. The van der Waals surface area contributed by atoms with Gasteiger partial charge in [0.15, 0.2) is 0 Å². The van der Waals surface area contributed by atoms with Crippen LogP contribution < -0.4 is 11.3 Å². The maximum absolute atomic E-state index is 11.8. The Morgan fingerprint density at radius 2 is 2.10 bits per heavy atom. The number of sulfone groups is 1. The first-order valence-corrected chi connectivity index (χ1v) is 9.99. The van der Waals surface area contributed by atoms with Crippen molar-refractivity contribution in [2.24, 2.45) is 11.8 Å². The lowest BCUT2D eigenvalue weighted by molar-refractivity contribution is 0.274. The Balaban J connectivity index is 2.27. The van der Waals surface area contributed by atoms with E-state index in [9.17, 15) is 8.42 Å². The standard InChI is InChI=1S/C15H23BrN2O2S/c1-10-13(7-4-8-14(10)16)15(18-17)11-5-3-6-12(9-11)21(2,19)20/h4,7-8,11-12,15,18H,3,5-6,9,17H2,1-2H3. The number of hydrazine groups is 1. The van der Waals surface area contributed by atoms with Crippen molar-refractivity contribution in [3.63, 3.8) is 0 Å². The van der Waals surface area contributed by atoms with E-state index in [-0.39, 0.29) is 17.2 Å². The predicted molar refractivity (Wildman–Crippen MR) is 89.5 cm³/mol. The van der Waals surface area contributed by atoms with E-state index in [2.05, 4.69) is 34.3 Å². The monoisotopic (exact) mass is 374 g/mol. The van der Waals surface area contributed by atoms with Gasteiger partial charge in [0.2, 0.25) is 0 Å². The van der Waals surface area contributed by atoms with Crippen LogP contribution in [0.1, 0.15) is 42.9 Å². The van der Waals surface area contributed by atoms with E-state index in [0.717, 1.165) is 34.9 Å². The van der Waals surface area contributed by atoms with Crippen LogP contribution in [-0.4, -0.2) is 19.9 Å². The minimum absolute atomic E-state index is 0.00736. The molecule has 0 amide bonds. The van der Waals surface area contributed by atoms with Crippen LogP contribution in [0.25, 0.3) is 0 Å². The Hall–Kier alpha value is -0.430. The molecule has 118 valence electrons. The average molecular weight is 375 g/mol. The highest BCUT2D eigenvalue weighted by atomic mass is 79.9. The van der Waals surface area contributed by atoms with Gasteiger partial charge in [-0.05, 0) is 49.3 Å². The van der Waals surface area contributed by atoms with E-state index in [1.54, 1.807) is 0 Å². The summed E-state index contributed by atoms with van der Waals surface area (Å²) in [5.74, 6) is 6.04. The van der Waals surface area contributed by atoms with Crippen molar-refractivity contribution in [1.29, 1.82) is 0 Å². The smallest absolute Gasteiger partial charge is 0.150 e. The molecule has 1 aromatic carbocycles. The summed E-state index contributed by atoms with van der Waals surface area (Å²) in [5, 5.41) is -0.237. The highest BCUT2D eigenvalue weighted by Gasteiger charge is 2.33. The van der Waals surface area contributed by atoms with Gasteiger partial charge in [0.1, 0.15) is 9.84 Å². The molecular weight excluding hydrogens is 352 g/mol. The summed E-state index contributed by atoms with van der Waals surface area (Å²) in [6.45, 7) is 2.06. The third-order valence-electron chi connectivity index (χ3n) is 4.57. The first kappa shape index (κ1) is 16.9. The third kappa shape index (κ3) is 3.86. The zero-order valence-electron chi connectivity index (χ0n) is 12.5. The summed E-state index contributed by atoms with van der Waals surface area (Å²) in [6, 6.07) is 6.06. The molecule has 6 heteroatoms. The zero-order chi connectivity index (χ0) is 15.6. The van der Waals surface area contributed by atoms with Crippen LogP contribution in [0.15, 0.2) is 22.7 Å². The molecule has 1 saturated carbocycles. The van der Waals surface area contributed by atoms with Crippen molar-refractivity contribution in [2.45, 2.75) is 43.9 Å². The Morgan fingerprint density at radius 3 is 2.71 bits per heavy atom. The molecule has 1 aromatic rings. The molecule has 3 N–H and O–H groups in total. The molecular formula is C15H23BrN2O2S. The largest absolute Gasteiger partial charge is 0.271 e. The molecule has 2 rings (SSSR count). The fraction of sp³-hybridized carbons (Fsp3) is 0.600. The molecule has 0 aromatic heterocycles. The summed E-state index contributed by atoms with van der Waals surface area (Å²) >= 11 is 3.55. The quantitative estimate of drug-likeness (QED) is 0.627. The first-order valence-electron chi connectivity index (χ1n) is 7.24. The molecule has 4 nitrogen and oxygen atoms in total. The predicted octanol–water partition coefficient (Wildman–Crippen LogP) is 2.87. The molecule has 0 radical (unpaired) electrons. The number of nitrogens with one attached hydrogen (secondary N) is 1. The molecule has 1 fully saturated rings. The van der Waals surface area contributed by atoms with Crippen LogP contribution in [-0.2, 0) is 9.84 Å². The molecule has 0 saturated heterocycles. The third-order valence-corrected chi connectivity index (χ3v) is 7.07. The Kier molecular flexibility index (Phi) is 5.46. The number of halogens is 1. The second-order valence-electron chi connectivity index (χ2n) is 5.98. The number of nitrogens with two attached hydrogens (primary N) is 1. The summed E-state index contributed by atoms with van der Waals surface area (Å²) < 4.78 is 24.7. The van der Waals surface area contributed by atoms with Crippen molar-refractivity contribution < 1.29 is 8.42 Å². The molecule has 0 bridgehead atoms. The van der Waals surface area contributed by atoms with Crippen LogP contribution >= 0.6 is 15.9 Å². The molecule has 3 unspecified atom stereocenters. The summed E-state index contributed by atoms with van der Waals surface area (Å²) in [4.78, 5) is 0. The van der Waals surface area contributed by atoms with Crippen molar-refractivity contribution in [3.8, 4) is 0 Å². The van der Waals surface area contributed by atoms with Gasteiger partial charge in [0.25, 0.3) is 0 Å².